The third-order valence-corrected chi connectivity index (χ3v) is 3.60. The Morgan fingerprint density at radius 1 is 1.22 bits per heavy atom. The third kappa shape index (κ3) is 10.8. The highest BCUT2D eigenvalue weighted by Gasteiger charge is 2.24. The number of esters is 1. The molecule has 0 bridgehead atoms. The lowest BCUT2D eigenvalue weighted by atomic mass is 10.1. The van der Waals surface area contributed by atoms with Crippen LogP contribution >= 0.6 is 11.8 Å². The second-order valence-electron chi connectivity index (χ2n) is 4.29. The van der Waals surface area contributed by atoms with Crippen molar-refractivity contribution in [1.29, 1.82) is 0 Å². The number of rotatable bonds is 11. The van der Waals surface area contributed by atoms with Crippen LogP contribution in [0.25, 0.3) is 0 Å². The molecular formula is C13H24F2O2S. The van der Waals surface area contributed by atoms with Crippen LogP contribution in [0.1, 0.15) is 52.4 Å². The van der Waals surface area contributed by atoms with Gasteiger partial charge < -0.3 is 4.74 Å². The normalized spacial score (nSPS) is 11.6. The molecule has 5 heteroatoms. The number of hydrogen-bond donors (Lipinski definition) is 0. The Kier molecular flexibility index (Phi) is 10.4. The first-order chi connectivity index (χ1) is 8.52. The van der Waals surface area contributed by atoms with Crippen molar-refractivity contribution in [2.75, 3.05) is 18.1 Å². The fourth-order valence-corrected chi connectivity index (χ4v) is 2.09. The molecule has 0 spiro atoms. The van der Waals surface area contributed by atoms with Crippen molar-refractivity contribution < 1.29 is 18.3 Å². The van der Waals surface area contributed by atoms with Gasteiger partial charge in [0.1, 0.15) is 0 Å². The Hall–Kier alpha value is -0.320. The van der Waals surface area contributed by atoms with Crippen LogP contribution in [0.5, 0.6) is 0 Å². The molecule has 2 nitrogen and oxygen atoms in total. The SMILES string of the molecule is CCCCOC(=O)CSCCCCC(F)(F)CC. The summed E-state index contributed by atoms with van der Waals surface area (Å²) in [5.41, 5.74) is 0. The Morgan fingerprint density at radius 2 is 1.94 bits per heavy atom. The van der Waals surface area contributed by atoms with Gasteiger partial charge in [-0.1, -0.05) is 20.3 Å². The van der Waals surface area contributed by atoms with Crippen LogP contribution in [0, 0.1) is 0 Å². The summed E-state index contributed by atoms with van der Waals surface area (Å²) >= 11 is 1.46. The fraction of sp³-hybridized carbons (Fsp3) is 0.923. The monoisotopic (exact) mass is 282 g/mol. The molecule has 0 aliphatic carbocycles. The zero-order valence-corrected chi connectivity index (χ0v) is 12.2. The molecule has 0 aliphatic rings. The molecule has 0 radical (unpaired) electrons. The molecule has 0 aromatic heterocycles. The minimum absolute atomic E-state index is 0.0506. The van der Waals surface area contributed by atoms with Gasteiger partial charge in [-0.15, -0.1) is 0 Å². The number of carbonyl (C=O) groups excluding carboxylic acids is 1. The van der Waals surface area contributed by atoms with Crippen molar-refractivity contribution >= 4 is 17.7 Å². The highest BCUT2D eigenvalue weighted by molar-refractivity contribution is 7.99. The Morgan fingerprint density at radius 3 is 2.56 bits per heavy atom. The predicted octanol–water partition coefficient (Wildman–Crippen LogP) is 4.28. The zero-order chi connectivity index (χ0) is 13.9. The van der Waals surface area contributed by atoms with Crippen LogP contribution in [-0.4, -0.2) is 30.0 Å². The van der Waals surface area contributed by atoms with E-state index in [1.807, 2.05) is 6.92 Å². The summed E-state index contributed by atoms with van der Waals surface area (Å²) in [5.74, 6) is -1.66. The first kappa shape index (κ1) is 17.7. The number of halogens is 2. The summed E-state index contributed by atoms with van der Waals surface area (Å²) in [7, 11) is 0. The first-order valence-corrected chi connectivity index (χ1v) is 7.78. The second kappa shape index (κ2) is 10.6. The third-order valence-electron chi connectivity index (χ3n) is 2.58. The van der Waals surface area contributed by atoms with Crippen molar-refractivity contribution in [2.24, 2.45) is 0 Å². The lowest BCUT2D eigenvalue weighted by molar-refractivity contribution is -0.140. The van der Waals surface area contributed by atoms with E-state index in [0.29, 0.717) is 18.8 Å². The van der Waals surface area contributed by atoms with Gasteiger partial charge in [-0.3, -0.25) is 4.79 Å². The lowest BCUT2D eigenvalue weighted by Crippen LogP contribution is -2.13. The molecule has 0 rings (SSSR count). The molecule has 0 atom stereocenters. The lowest BCUT2D eigenvalue weighted by Gasteiger charge is -2.12. The van der Waals surface area contributed by atoms with E-state index < -0.39 is 5.92 Å². The highest BCUT2D eigenvalue weighted by Crippen LogP contribution is 2.25. The van der Waals surface area contributed by atoms with Gasteiger partial charge >= 0.3 is 5.97 Å². The topological polar surface area (TPSA) is 26.3 Å². The Bertz CT molecular complexity index is 223. The molecule has 0 heterocycles. The molecule has 0 fully saturated rings. The van der Waals surface area contributed by atoms with Gasteiger partial charge in [0.05, 0.1) is 12.4 Å². The molecule has 0 saturated carbocycles. The highest BCUT2D eigenvalue weighted by atomic mass is 32.2. The van der Waals surface area contributed by atoms with Crippen LogP contribution in [-0.2, 0) is 9.53 Å². The van der Waals surface area contributed by atoms with Crippen LogP contribution < -0.4 is 0 Å². The van der Waals surface area contributed by atoms with E-state index in [1.54, 1.807) is 0 Å². The van der Waals surface area contributed by atoms with Crippen molar-refractivity contribution in [3.8, 4) is 0 Å². The molecule has 0 aliphatic heterocycles. The average Bonchev–Trinajstić information content (AvgIpc) is 2.34. The molecule has 0 saturated heterocycles. The molecule has 108 valence electrons. The van der Waals surface area contributed by atoms with Crippen LogP contribution in [0.4, 0.5) is 8.78 Å². The number of carbonyl (C=O) groups is 1. The number of thioether (sulfide) groups is 1. The summed E-state index contributed by atoms with van der Waals surface area (Å²) < 4.78 is 30.7. The molecular weight excluding hydrogens is 258 g/mol. The standard InChI is InChI=1S/C13H24F2O2S/c1-3-5-9-17-12(16)11-18-10-7-6-8-13(14,15)4-2/h3-11H2,1-2H3. The maximum Gasteiger partial charge on any atom is 0.315 e. The second-order valence-corrected chi connectivity index (χ2v) is 5.40. The molecule has 18 heavy (non-hydrogen) atoms. The van der Waals surface area contributed by atoms with Crippen molar-refractivity contribution in [3.05, 3.63) is 0 Å². The van der Waals surface area contributed by atoms with Gasteiger partial charge in [0, 0.05) is 12.8 Å². The largest absolute Gasteiger partial charge is 0.465 e. The van der Waals surface area contributed by atoms with Gasteiger partial charge in [-0.25, -0.2) is 8.78 Å². The number of unbranched alkanes of at least 4 members (excludes halogenated alkanes) is 2. The van der Waals surface area contributed by atoms with E-state index in [0.717, 1.165) is 25.0 Å². The molecule has 0 N–H and O–H groups in total. The maximum absolute atomic E-state index is 12.9. The average molecular weight is 282 g/mol. The van der Waals surface area contributed by atoms with E-state index in [2.05, 4.69) is 0 Å². The van der Waals surface area contributed by atoms with Crippen LogP contribution in [0.15, 0.2) is 0 Å². The van der Waals surface area contributed by atoms with Crippen molar-refractivity contribution in [1.82, 2.24) is 0 Å². The van der Waals surface area contributed by atoms with Crippen LogP contribution in [0.3, 0.4) is 0 Å². The van der Waals surface area contributed by atoms with Gasteiger partial charge in [-0.2, -0.15) is 11.8 Å². The van der Waals surface area contributed by atoms with Gasteiger partial charge in [0.25, 0.3) is 0 Å². The summed E-state index contributed by atoms with van der Waals surface area (Å²) in [4.78, 5) is 11.2. The van der Waals surface area contributed by atoms with E-state index in [1.165, 1.54) is 18.7 Å². The summed E-state index contributed by atoms with van der Waals surface area (Å²) in [5, 5.41) is 0. The molecule has 0 aromatic carbocycles. The van der Waals surface area contributed by atoms with E-state index in [4.69, 9.17) is 4.74 Å². The van der Waals surface area contributed by atoms with E-state index >= 15 is 0 Å². The Labute approximate surface area is 113 Å². The number of ether oxygens (including phenoxy) is 1. The first-order valence-electron chi connectivity index (χ1n) is 6.63. The fourth-order valence-electron chi connectivity index (χ4n) is 1.29. The van der Waals surface area contributed by atoms with Crippen molar-refractivity contribution in [2.45, 2.75) is 58.3 Å². The predicted molar refractivity (Wildman–Crippen MR) is 72.3 cm³/mol. The minimum Gasteiger partial charge on any atom is -0.465 e. The molecule has 0 unspecified atom stereocenters. The quantitative estimate of drug-likeness (QED) is 0.418. The van der Waals surface area contributed by atoms with Gasteiger partial charge in [0.2, 0.25) is 5.92 Å². The zero-order valence-electron chi connectivity index (χ0n) is 11.3. The smallest absolute Gasteiger partial charge is 0.315 e. The summed E-state index contributed by atoms with van der Waals surface area (Å²) in [6.07, 6.45) is 2.99. The maximum atomic E-state index is 12.9. The van der Waals surface area contributed by atoms with Gasteiger partial charge in [0.15, 0.2) is 0 Å². The minimum atomic E-state index is -2.52. The molecule has 0 amide bonds. The number of hydrogen-bond acceptors (Lipinski definition) is 3. The Balaban J connectivity index is 3.32. The van der Waals surface area contributed by atoms with E-state index in [-0.39, 0.29) is 18.8 Å². The summed E-state index contributed by atoms with van der Waals surface area (Å²) in [6.45, 7) is 4.02. The summed E-state index contributed by atoms with van der Waals surface area (Å²) in [6, 6.07) is 0. The van der Waals surface area contributed by atoms with E-state index in [9.17, 15) is 13.6 Å². The van der Waals surface area contributed by atoms with Crippen LogP contribution in [0.2, 0.25) is 0 Å². The van der Waals surface area contributed by atoms with Crippen molar-refractivity contribution in [3.63, 3.8) is 0 Å². The number of alkyl halides is 2. The van der Waals surface area contributed by atoms with Gasteiger partial charge in [-0.05, 0) is 25.0 Å². The molecule has 0 aromatic rings.